The molecule has 2 fully saturated rings. The van der Waals surface area contributed by atoms with Gasteiger partial charge in [0, 0.05) is 31.1 Å². The summed E-state index contributed by atoms with van der Waals surface area (Å²) in [7, 11) is 0. The van der Waals surface area contributed by atoms with Gasteiger partial charge in [0.1, 0.15) is 18.7 Å². The van der Waals surface area contributed by atoms with Gasteiger partial charge in [0.25, 0.3) is 0 Å². The van der Waals surface area contributed by atoms with Crippen molar-refractivity contribution < 1.29 is 9.53 Å². The fourth-order valence-corrected chi connectivity index (χ4v) is 5.58. The zero-order valence-corrected chi connectivity index (χ0v) is 24.1. The van der Waals surface area contributed by atoms with Gasteiger partial charge in [-0.25, -0.2) is 0 Å². The molecule has 0 atom stereocenters. The van der Waals surface area contributed by atoms with Crippen molar-refractivity contribution in [3.8, 4) is 0 Å². The lowest BCUT2D eigenvalue weighted by Crippen LogP contribution is -2.42. The zero-order valence-electron chi connectivity index (χ0n) is 24.1. The SMILES string of the molecule is C=C1OCC(N2CCC3(CCC(NCC(=CCC(=N\N/C=N/N)/C(C)=C\C)CCC(C)C)CC3)C2=O)=C1C. The molecule has 1 saturated carbocycles. The lowest BCUT2D eigenvalue weighted by atomic mass is 9.71. The summed E-state index contributed by atoms with van der Waals surface area (Å²) in [6.07, 6.45) is 13.6. The van der Waals surface area contributed by atoms with Crippen LogP contribution in [0.3, 0.4) is 0 Å². The predicted octanol–water partition coefficient (Wildman–Crippen LogP) is 5.12. The van der Waals surface area contributed by atoms with E-state index in [1.54, 1.807) is 0 Å². The monoisotopic (exact) mass is 524 g/mol. The maximum Gasteiger partial charge on any atom is 0.233 e. The summed E-state index contributed by atoms with van der Waals surface area (Å²) in [4.78, 5) is 15.5. The topological polar surface area (TPSA) is 104 Å². The van der Waals surface area contributed by atoms with Gasteiger partial charge in [-0.05, 0) is 77.2 Å². The molecule has 1 amide bonds. The van der Waals surface area contributed by atoms with E-state index < -0.39 is 0 Å². The molecule has 0 aromatic rings. The zero-order chi connectivity index (χ0) is 27.7. The van der Waals surface area contributed by atoms with Crippen LogP contribution < -0.4 is 16.6 Å². The van der Waals surface area contributed by atoms with Crippen LogP contribution in [-0.4, -0.2) is 48.6 Å². The van der Waals surface area contributed by atoms with Gasteiger partial charge in [-0.3, -0.25) is 10.2 Å². The summed E-state index contributed by atoms with van der Waals surface area (Å²) < 4.78 is 5.60. The molecule has 8 heteroatoms. The Kier molecular flexibility index (Phi) is 10.8. The minimum Gasteiger partial charge on any atom is -0.488 e. The van der Waals surface area contributed by atoms with Gasteiger partial charge in [0.2, 0.25) is 5.91 Å². The highest BCUT2D eigenvalue weighted by Gasteiger charge is 2.49. The van der Waals surface area contributed by atoms with Crippen LogP contribution in [0.15, 0.2) is 57.1 Å². The summed E-state index contributed by atoms with van der Waals surface area (Å²) in [6, 6.07) is 0.438. The van der Waals surface area contributed by atoms with Gasteiger partial charge in [-0.2, -0.15) is 10.2 Å². The van der Waals surface area contributed by atoms with Gasteiger partial charge in [-0.15, -0.1) is 0 Å². The highest BCUT2D eigenvalue weighted by atomic mass is 16.5. The number of amides is 1. The number of nitrogens with two attached hydrogens (primary N) is 1. The molecular formula is C30H48N6O2. The summed E-state index contributed by atoms with van der Waals surface area (Å²) in [5.74, 6) is 6.83. The second-order valence-electron chi connectivity index (χ2n) is 11.4. The normalized spacial score (nSPS) is 25.5. The molecule has 0 aromatic heterocycles. The number of nitrogens with one attached hydrogen (secondary N) is 2. The van der Waals surface area contributed by atoms with Crippen molar-refractivity contribution >= 4 is 18.0 Å². The first-order chi connectivity index (χ1) is 18.2. The Morgan fingerprint density at radius 1 is 1.32 bits per heavy atom. The lowest BCUT2D eigenvalue weighted by Gasteiger charge is -2.36. The molecule has 3 rings (SSSR count). The van der Waals surface area contributed by atoms with E-state index in [-0.39, 0.29) is 5.41 Å². The number of ether oxygens (including phenoxy) is 1. The Balaban J connectivity index is 1.58. The van der Waals surface area contributed by atoms with E-state index in [0.29, 0.717) is 30.2 Å². The quantitative estimate of drug-likeness (QED) is 0.108. The molecule has 0 unspecified atom stereocenters. The number of likely N-dealkylation sites (tertiary alicyclic amines) is 1. The van der Waals surface area contributed by atoms with E-state index in [9.17, 15) is 4.79 Å². The molecule has 0 radical (unpaired) electrons. The van der Waals surface area contributed by atoms with Crippen LogP contribution in [0.2, 0.25) is 0 Å². The van der Waals surface area contributed by atoms with Crippen LogP contribution in [0, 0.1) is 11.3 Å². The number of hydrogen-bond donors (Lipinski definition) is 3. The van der Waals surface area contributed by atoms with Gasteiger partial charge < -0.3 is 20.8 Å². The van der Waals surface area contributed by atoms with Crippen molar-refractivity contribution in [1.82, 2.24) is 15.6 Å². The van der Waals surface area contributed by atoms with Crippen LogP contribution in [0.5, 0.6) is 0 Å². The van der Waals surface area contributed by atoms with Crippen molar-refractivity contribution in [2.75, 3.05) is 19.7 Å². The van der Waals surface area contributed by atoms with E-state index in [4.69, 9.17) is 10.6 Å². The summed E-state index contributed by atoms with van der Waals surface area (Å²) >= 11 is 0. The smallest absolute Gasteiger partial charge is 0.233 e. The van der Waals surface area contributed by atoms with Crippen LogP contribution in [0.1, 0.15) is 86.0 Å². The molecule has 2 heterocycles. The Morgan fingerprint density at radius 3 is 2.66 bits per heavy atom. The van der Waals surface area contributed by atoms with E-state index in [0.717, 1.165) is 87.0 Å². The molecular weight excluding hydrogens is 476 g/mol. The molecule has 38 heavy (non-hydrogen) atoms. The molecule has 1 aliphatic carbocycles. The average Bonchev–Trinajstić information content (AvgIpc) is 3.40. The van der Waals surface area contributed by atoms with E-state index in [1.807, 2.05) is 18.7 Å². The summed E-state index contributed by atoms with van der Waals surface area (Å²) in [6.45, 7) is 16.7. The van der Waals surface area contributed by atoms with Crippen LogP contribution in [0.25, 0.3) is 0 Å². The van der Waals surface area contributed by atoms with E-state index >= 15 is 0 Å². The van der Waals surface area contributed by atoms with Gasteiger partial charge in [0.15, 0.2) is 0 Å². The average molecular weight is 525 g/mol. The Hall–Kier alpha value is -2.87. The molecule has 4 N–H and O–H groups in total. The highest BCUT2D eigenvalue weighted by Crippen LogP contribution is 2.46. The first-order valence-corrected chi connectivity index (χ1v) is 14.1. The van der Waals surface area contributed by atoms with Crippen molar-refractivity contribution in [3.63, 3.8) is 0 Å². The third-order valence-corrected chi connectivity index (χ3v) is 8.48. The molecule has 2 aliphatic heterocycles. The molecule has 0 bridgehead atoms. The van der Waals surface area contributed by atoms with Crippen LogP contribution in [0.4, 0.5) is 0 Å². The highest BCUT2D eigenvalue weighted by molar-refractivity contribution is 6.00. The number of allylic oxidation sites excluding steroid dienone is 4. The minimum atomic E-state index is -0.207. The van der Waals surface area contributed by atoms with Crippen LogP contribution >= 0.6 is 0 Å². The molecule has 210 valence electrons. The molecule has 1 saturated heterocycles. The number of carbonyl (C=O) groups excluding carboxylic acids is 1. The number of carbonyl (C=O) groups is 1. The first-order valence-electron chi connectivity index (χ1n) is 14.1. The largest absolute Gasteiger partial charge is 0.488 e. The fraction of sp³-hybridized carbons (Fsp3) is 0.633. The van der Waals surface area contributed by atoms with Crippen molar-refractivity contribution in [2.24, 2.45) is 27.4 Å². The third kappa shape index (κ3) is 7.37. The van der Waals surface area contributed by atoms with Crippen molar-refractivity contribution in [1.29, 1.82) is 0 Å². The molecule has 1 spiro atoms. The Labute approximate surface area is 229 Å². The first kappa shape index (κ1) is 29.7. The number of rotatable bonds is 12. The van der Waals surface area contributed by atoms with Crippen LogP contribution in [-0.2, 0) is 9.53 Å². The maximum atomic E-state index is 13.5. The summed E-state index contributed by atoms with van der Waals surface area (Å²) in [5, 5.41) is 11.7. The van der Waals surface area contributed by atoms with Gasteiger partial charge >= 0.3 is 0 Å². The number of hydrogen-bond acceptors (Lipinski definition) is 6. The lowest BCUT2D eigenvalue weighted by molar-refractivity contribution is -0.136. The summed E-state index contributed by atoms with van der Waals surface area (Å²) in [5.41, 5.74) is 8.14. The Morgan fingerprint density at radius 2 is 2.05 bits per heavy atom. The van der Waals surface area contributed by atoms with Gasteiger partial charge in [-0.1, -0.05) is 38.2 Å². The van der Waals surface area contributed by atoms with Crippen molar-refractivity contribution in [2.45, 2.75) is 92.0 Å². The second kappa shape index (κ2) is 13.8. The Bertz CT molecular complexity index is 1010. The number of nitrogens with zero attached hydrogens (tertiary/aromatic N) is 3. The number of hydrazone groups is 2. The second-order valence-corrected chi connectivity index (χ2v) is 11.4. The van der Waals surface area contributed by atoms with Gasteiger partial charge in [0.05, 0.1) is 16.8 Å². The third-order valence-electron chi connectivity index (χ3n) is 8.48. The van der Waals surface area contributed by atoms with Crippen molar-refractivity contribution in [3.05, 3.63) is 46.9 Å². The minimum absolute atomic E-state index is 0.207. The van der Waals surface area contributed by atoms with E-state index in [1.165, 1.54) is 11.9 Å². The molecule has 8 nitrogen and oxygen atoms in total. The fourth-order valence-electron chi connectivity index (χ4n) is 5.58. The van der Waals surface area contributed by atoms with E-state index in [2.05, 4.69) is 60.4 Å². The molecule has 0 aromatic carbocycles. The predicted molar refractivity (Wildman–Crippen MR) is 156 cm³/mol. The maximum absolute atomic E-state index is 13.5. The standard InChI is InChI=1S/C30H48N6O2/c1-7-22(4)27(35-34-20-33-31)11-10-25(9-8-21(2)3)18-32-26-12-14-30(15-13-26)16-17-36(29(30)37)28-19-38-24(6)23(28)5/h7,10,20-21,26,32H,6,8-9,11-19,31H2,1-5H3,(H,33,34)/b22-7-,25-10?,35-27+. The molecule has 3 aliphatic rings.